The Morgan fingerprint density at radius 3 is 2.33 bits per heavy atom. The number of nitrogens with two attached hydrogens (primary N) is 1. The van der Waals surface area contributed by atoms with Crippen LogP contribution in [0.15, 0.2) is 24.3 Å². The molecule has 1 heterocycles. The average molecular weight is 286 g/mol. The van der Waals surface area contributed by atoms with Crippen LogP contribution in [0, 0.1) is 0 Å². The molecule has 21 heavy (non-hydrogen) atoms. The largest absolute Gasteiger partial charge is 0.351 e. The molecule has 0 radical (unpaired) electrons. The second-order valence-corrected chi connectivity index (χ2v) is 4.84. The number of urea groups is 1. The van der Waals surface area contributed by atoms with E-state index in [1.54, 1.807) is 24.3 Å². The molecule has 0 spiro atoms. The van der Waals surface area contributed by atoms with E-state index in [2.05, 4.69) is 25.8 Å². The summed E-state index contributed by atoms with van der Waals surface area (Å²) in [5.74, 6) is 0.921. The Bertz CT molecular complexity index is 674. The van der Waals surface area contributed by atoms with E-state index in [-0.39, 0.29) is 11.7 Å². The van der Waals surface area contributed by atoms with Crippen LogP contribution in [0.1, 0.15) is 35.2 Å². The predicted molar refractivity (Wildman–Crippen MR) is 76.0 cm³/mol. The third-order valence-corrected chi connectivity index (χ3v) is 3.08. The molecule has 1 aliphatic rings. The fourth-order valence-corrected chi connectivity index (χ4v) is 1.88. The lowest BCUT2D eigenvalue weighted by Crippen LogP contribution is -2.19. The monoisotopic (exact) mass is 286 g/mol. The smallest absolute Gasteiger partial charge is 0.316 e. The van der Waals surface area contributed by atoms with Crippen LogP contribution in [-0.4, -0.2) is 27.1 Å². The highest BCUT2D eigenvalue weighted by Crippen LogP contribution is 2.37. The van der Waals surface area contributed by atoms with Gasteiger partial charge >= 0.3 is 6.03 Å². The van der Waals surface area contributed by atoms with Gasteiger partial charge in [-0.3, -0.25) is 9.89 Å². The van der Waals surface area contributed by atoms with Crippen molar-refractivity contribution in [2.75, 3.05) is 10.6 Å². The Morgan fingerprint density at radius 2 is 1.76 bits per heavy atom. The lowest BCUT2D eigenvalue weighted by atomic mass is 10.3. The fourth-order valence-electron chi connectivity index (χ4n) is 1.88. The van der Waals surface area contributed by atoms with Crippen LogP contribution in [0.5, 0.6) is 0 Å². The van der Waals surface area contributed by atoms with E-state index in [0.717, 1.165) is 18.7 Å². The minimum atomic E-state index is -0.639. The van der Waals surface area contributed by atoms with Gasteiger partial charge in [-0.1, -0.05) is 0 Å². The van der Waals surface area contributed by atoms with Gasteiger partial charge < -0.3 is 16.4 Å². The normalized spacial score (nSPS) is 13.7. The van der Waals surface area contributed by atoms with Gasteiger partial charge in [0.05, 0.1) is 0 Å². The highest BCUT2D eigenvalue weighted by molar-refractivity contribution is 6.01. The zero-order valence-corrected chi connectivity index (χ0v) is 11.1. The molecule has 0 saturated heterocycles. The lowest BCUT2D eigenvalue weighted by Gasteiger charge is -2.05. The van der Waals surface area contributed by atoms with Crippen LogP contribution < -0.4 is 16.4 Å². The molecule has 1 saturated carbocycles. The Morgan fingerprint density at radius 1 is 1.14 bits per heavy atom. The zero-order chi connectivity index (χ0) is 14.8. The number of carbonyl (C=O) groups is 2. The lowest BCUT2D eigenvalue weighted by molar-refractivity contribution is 0.101. The van der Waals surface area contributed by atoms with Gasteiger partial charge in [-0.05, 0) is 37.1 Å². The van der Waals surface area contributed by atoms with Gasteiger partial charge in [0.1, 0.15) is 5.82 Å². The summed E-state index contributed by atoms with van der Waals surface area (Å²) in [7, 11) is 0. The quantitative estimate of drug-likeness (QED) is 0.678. The maximum Gasteiger partial charge on any atom is 0.316 e. The van der Waals surface area contributed by atoms with Crippen molar-refractivity contribution >= 4 is 23.3 Å². The topological polar surface area (TPSA) is 126 Å². The summed E-state index contributed by atoms with van der Waals surface area (Å²) in [4.78, 5) is 26.9. The molecule has 8 nitrogen and oxygen atoms in total. The first-order chi connectivity index (χ1) is 10.1. The maximum atomic E-state index is 12.0. The van der Waals surface area contributed by atoms with Crippen LogP contribution in [0.4, 0.5) is 16.2 Å². The summed E-state index contributed by atoms with van der Waals surface area (Å²) in [6.45, 7) is 0. The number of carbonyl (C=O) groups excluding carboxylic acids is 2. The van der Waals surface area contributed by atoms with E-state index in [4.69, 9.17) is 5.73 Å². The molecule has 1 aliphatic carbocycles. The molecule has 1 aromatic carbocycles. The summed E-state index contributed by atoms with van der Waals surface area (Å²) >= 11 is 0. The number of benzene rings is 1. The third-order valence-electron chi connectivity index (χ3n) is 3.08. The van der Waals surface area contributed by atoms with Crippen LogP contribution in [0.25, 0.3) is 0 Å². The third kappa shape index (κ3) is 3.16. The van der Waals surface area contributed by atoms with Gasteiger partial charge in [-0.2, -0.15) is 0 Å². The van der Waals surface area contributed by atoms with Crippen molar-refractivity contribution in [3.8, 4) is 0 Å². The van der Waals surface area contributed by atoms with E-state index >= 15 is 0 Å². The summed E-state index contributed by atoms with van der Waals surface area (Å²) in [5.41, 5.74) is 6.14. The molecule has 3 rings (SSSR count). The number of amides is 3. The van der Waals surface area contributed by atoms with Crippen LogP contribution >= 0.6 is 0 Å². The number of hydrogen-bond acceptors (Lipinski definition) is 4. The Labute approximate surface area is 120 Å². The number of nitrogens with one attached hydrogen (secondary N) is 3. The van der Waals surface area contributed by atoms with Crippen LogP contribution in [0.2, 0.25) is 0 Å². The van der Waals surface area contributed by atoms with E-state index in [0.29, 0.717) is 17.3 Å². The number of hydrogen-bond donors (Lipinski definition) is 4. The van der Waals surface area contributed by atoms with Gasteiger partial charge in [-0.25, -0.2) is 9.78 Å². The second kappa shape index (κ2) is 5.23. The molecule has 2 aromatic rings. The number of nitrogens with zero attached hydrogens (tertiary/aromatic N) is 2. The number of aromatic amines is 1. The highest BCUT2D eigenvalue weighted by atomic mass is 16.2. The van der Waals surface area contributed by atoms with Gasteiger partial charge in [-0.15, -0.1) is 5.10 Å². The highest BCUT2D eigenvalue weighted by Gasteiger charge is 2.28. The summed E-state index contributed by atoms with van der Waals surface area (Å²) in [6.07, 6.45) is 2.18. The van der Waals surface area contributed by atoms with Gasteiger partial charge in [0.15, 0.2) is 0 Å². The predicted octanol–water partition coefficient (Wildman–Crippen LogP) is 1.42. The molecule has 108 valence electrons. The number of H-pyrrole nitrogens is 1. The second-order valence-electron chi connectivity index (χ2n) is 4.84. The molecule has 0 unspecified atom stereocenters. The molecular formula is C13H14N6O2. The van der Waals surface area contributed by atoms with Crippen molar-refractivity contribution < 1.29 is 9.59 Å². The van der Waals surface area contributed by atoms with Crippen LogP contribution in [0.3, 0.4) is 0 Å². The fraction of sp³-hybridized carbons (Fsp3) is 0.231. The van der Waals surface area contributed by atoms with E-state index in [1.807, 2.05) is 0 Å². The minimum absolute atomic E-state index is 0.122. The Hall–Kier alpha value is -2.90. The van der Waals surface area contributed by atoms with E-state index in [9.17, 15) is 9.59 Å². The molecule has 0 aliphatic heterocycles. The van der Waals surface area contributed by atoms with Gasteiger partial charge in [0.25, 0.3) is 5.91 Å². The Kier molecular flexibility index (Phi) is 3.27. The van der Waals surface area contributed by atoms with Crippen molar-refractivity contribution in [1.29, 1.82) is 0 Å². The van der Waals surface area contributed by atoms with Gasteiger partial charge in [0, 0.05) is 17.3 Å². The number of rotatable bonds is 4. The summed E-state index contributed by atoms with van der Waals surface area (Å²) < 4.78 is 0. The van der Waals surface area contributed by atoms with Crippen LogP contribution in [-0.2, 0) is 0 Å². The van der Waals surface area contributed by atoms with Crippen molar-refractivity contribution in [1.82, 2.24) is 15.2 Å². The van der Waals surface area contributed by atoms with Crippen molar-refractivity contribution in [2.45, 2.75) is 18.8 Å². The van der Waals surface area contributed by atoms with Crippen molar-refractivity contribution in [3.05, 3.63) is 35.9 Å². The first kappa shape index (κ1) is 13.1. The molecule has 5 N–H and O–H groups in total. The number of anilines is 2. The molecule has 0 atom stereocenters. The molecular weight excluding hydrogens is 272 g/mol. The Balaban J connectivity index is 1.64. The molecule has 1 aromatic heterocycles. The van der Waals surface area contributed by atoms with Crippen molar-refractivity contribution in [2.24, 2.45) is 5.73 Å². The SMILES string of the molecule is NC(=O)Nc1ccc(NC(=O)c2n[nH]c(C3CC3)n2)cc1. The first-order valence-corrected chi connectivity index (χ1v) is 6.52. The maximum absolute atomic E-state index is 12.0. The van der Waals surface area contributed by atoms with E-state index < -0.39 is 6.03 Å². The first-order valence-electron chi connectivity index (χ1n) is 6.52. The number of primary amides is 1. The summed E-state index contributed by atoms with van der Waals surface area (Å²) in [5, 5.41) is 11.8. The standard InChI is InChI=1S/C13H14N6O2/c14-13(21)16-9-5-3-8(4-6-9)15-12(20)11-17-10(18-19-11)7-1-2-7/h3-7H,1-2H2,(H,15,20)(H3,14,16,21)(H,17,18,19). The minimum Gasteiger partial charge on any atom is -0.351 e. The van der Waals surface area contributed by atoms with Gasteiger partial charge in [0.2, 0.25) is 5.82 Å². The summed E-state index contributed by atoms with van der Waals surface area (Å²) in [6, 6.07) is 5.93. The average Bonchev–Trinajstić information content (AvgIpc) is 3.18. The molecule has 0 bridgehead atoms. The zero-order valence-electron chi connectivity index (χ0n) is 11.1. The van der Waals surface area contributed by atoms with E-state index in [1.165, 1.54) is 0 Å². The van der Waals surface area contributed by atoms with Crippen molar-refractivity contribution in [3.63, 3.8) is 0 Å². The molecule has 3 amide bonds. The molecule has 1 fully saturated rings. The number of aromatic nitrogens is 3. The molecule has 8 heteroatoms.